The molecule has 1 aliphatic heterocycles. The number of hydrogen-bond acceptors (Lipinski definition) is 2. The fourth-order valence-corrected chi connectivity index (χ4v) is 2.20. The van der Waals surface area contributed by atoms with E-state index >= 15 is 0 Å². The summed E-state index contributed by atoms with van der Waals surface area (Å²) in [4.78, 5) is 0. The van der Waals surface area contributed by atoms with Crippen molar-refractivity contribution in [3.8, 4) is 11.3 Å². The highest BCUT2D eigenvalue weighted by atomic mass is 15.2. The van der Waals surface area contributed by atoms with Crippen molar-refractivity contribution in [2.24, 2.45) is 7.05 Å². The minimum atomic E-state index is 1.05. The molecule has 3 rings (SSSR count). The van der Waals surface area contributed by atoms with Gasteiger partial charge in [-0.3, -0.25) is 4.68 Å². The Balaban J connectivity index is 2.02. The first-order chi connectivity index (χ1) is 7.83. The second kappa shape index (κ2) is 3.67. The first-order valence-electron chi connectivity index (χ1n) is 5.70. The van der Waals surface area contributed by atoms with Crippen molar-refractivity contribution in [3.63, 3.8) is 0 Å². The molecule has 0 bridgehead atoms. The van der Waals surface area contributed by atoms with E-state index in [2.05, 4.69) is 34.7 Å². The summed E-state index contributed by atoms with van der Waals surface area (Å²) in [6.07, 6.45) is 4.37. The van der Waals surface area contributed by atoms with Gasteiger partial charge >= 0.3 is 0 Å². The Kier molecular flexibility index (Phi) is 2.17. The van der Waals surface area contributed by atoms with Gasteiger partial charge in [0.2, 0.25) is 0 Å². The zero-order valence-corrected chi connectivity index (χ0v) is 9.40. The lowest BCUT2D eigenvalue weighted by Gasteiger charge is -2.18. The molecule has 0 saturated carbocycles. The van der Waals surface area contributed by atoms with Crippen LogP contribution in [-0.4, -0.2) is 16.3 Å². The molecule has 0 fully saturated rings. The third-order valence-corrected chi connectivity index (χ3v) is 3.05. The highest BCUT2D eigenvalue weighted by Gasteiger charge is 2.10. The third-order valence-electron chi connectivity index (χ3n) is 3.05. The minimum absolute atomic E-state index is 1.05. The molecule has 0 aliphatic carbocycles. The minimum Gasteiger partial charge on any atom is -0.385 e. The molecule has 16 heavy (non-hydrogen) atoms. The molecule has 0 spiro atoms. The summed E-state index contributed by atoms with van der Waals surface area (Å²) >= 11 is 0. The van der Waals surface area contributed by atoms with Gasteiger partial charge in [0.05, 0.1) is 5.69 Å². The van der Waals surface area contributed by atoms with Crippen LogP contribution >= 0.6 is 0 Å². The summed E-state index contributed by atoms with van der Waals surface area (Å²) < 4.78 is 1.84. The van der Waals surface area contributed by atoms with Crippen molar-refractivity contribution in [1.29, 1.82) is 0 Å². The zero-order valence-electron chi connectivity index (χ0n) is 9.40. The Morgan fingerprint density at radius 1 is 1.31 bits per heavy atom. The maximum atomic E-state index is 4.43. The van der Waals surface area contributed by atoms with E-state index in [1.165, 1.54) is 29.7 Å². The molecule has 0 amide bonds. The summed E-state index contributed by atoms with van der Waals surface area (Å²) in [5, 5.41) is 7.85. The Morgan fingerprint density at radius 3 is 3.06 bits per heavy atom. The molecule has 0 atom stereocenters. The first-order valence-corrected chi connectivity index (χ1v) is 5.70. The molecule has 1 aromatic carbocycles. The van der Waals surface area contributed by atoms with Crippen molar-refractivity contribution in [3.05, 3.63) is 36.0 Å². The molecule has 3 heteroatoms. The van der Waals surface area contributed by atoms with Crippen molar-refractivity contribution in [1.82, 2.24) is 9.78 Å². The average molecular weight is 213 g/mol. The molecule has 0 radical (unpaired) electrons. The van der Waals surface area contributed by atoms with Crippen LogP contribution in [0.2, 0.25) is 0 Å². The summed E-state index contributed by atoms with van der Waals surface area (Å²) in [6.45, 7) is 1.09. The first kappa shape index (κ1) is 9.46. The van der Waals surface area contributed by atoms with Crippen LogP contribution in [0.25, 0.3) is 11.3 Å². The lowest BCUT2D eigenvalue weighted by atomic mass is 10.00. The van der Waals surface area contributed by atoms with Gasteiger partial charge in [0.15, 0.2) is 0 Å². The van der Waals surface area contributed by atoms with Gasteiger partial charge in [-0.05, 0) is 36.6 Å². The normalized spacial score (nSPS) is 14.3. The molecular weight excluding hydrogens is 198 g/mol. The fraction of sp³-hybridized carbons (Fsp3) is 0.308. The quantitative estimate of drug-likeness (QED) is 0.788. The lowest BCUT2D eigenvalue weighted by Crippen LogP contribution is -2.11. The monoisotopic (exact) mass is 213 g/mol. The Hall–Kier alpha value is -1.77. The zero-order chi connectivity index (χ0) is 11.0. The van der Waals surface area contributed by atoms with E-state index in [4.69, 9.17) is 0 Å². The summed E-state index contributed by atoms with van der Waals surface area (Å²) in [5.74, 6) is 0. The largest absolute Gasteiger partial charge is 0.385 e. The number of nitrogens with zero attached hydrogens (tertiary/aromatic N) is 2. The number of benzene rings is 1. The fourth-order valence-electron chi connectivity index (χ4n) is 2.20. The Bertz CT molecular complexity index is 514. The van der Waals surface area contributed by atoms with Gasteiger partial charge in [-0.2, -0.15) is 5.10 Å². The van der Waals surface area contributed by atoms with Crippen LogP contribution in [0, 0.1) is 0 Å². The second-order valence-electron chi connectivity index (χ2n) is 4.28. The van der Waals surface area contributed by atoms with E-state index < -0.39 is 0 Å². The van der Waals surface area contributed by atoms with Gasteiger partial charge in [0, 0.05) is 31.0 Å². The molecule has 82 valence electrons. The van der Waals surface area contributed by atoms with E-state index in [-0.39, 0.29) is 0 Å². The summed E-state index contributed by atoms with van der Waals surface area (Å²) in [6, 6.07) is 8.61. The van der Waals surface area contributed by atoms with Crippen LogP contribution in [-0.2, 0) is 13.5 Å². The highest BCUT2D eigenvalue weighted by Crippen LogP contribution is 2.27. The van der Waals surface area contributed by atoms with E-state index in [0.29, 0.717) is 0 Å². The summed E-state index contributed by atoms with van der Waals surface area (Å²) in [7, 11) is 1.95. The van der Waals surface area contributed by atoms with Crippen LogP contribution in [0.1, 0.15) is 12.0 Å². The molecule has 3 nitrogen and oxygen atoms in total. The number of nitrogens with one attached hydrogen (secondary N) is 1. The Labute approximate surface area is 95.1 Å². The summed E-state index contributed by atoms with van der Waals surface area (Å²) in [5.41, 5.74) is 4.96. The standard InChI is InChI=1S/C13H15N3/c1-16-8-6-13(15-16)11-4-5-12-10(9-11)3-2-7-14-12/h4-6,8-9,14H,2-3,7H2,1H3. The van der Waals surface area contributed by atoms with Crippen molar-refractivity contribution < 1.29 is 0 Å². The number of aryl methyl sites for hydroxylation is 2. The number of fused-ring (bicyclic) bond motifs is 1. The van der Waals surface area contributed by atoms with Gasteiger partial charge in [-0.15, -0.1) is 0 Å². The average Bonchev–Trinajstić information content (AvgIpc) is 2.75. The molecule has 2 heterocycles. The van der Waals surface area contributed by atoms with E-state index in [0.717, 1.165) is 12.2 Å². The van der Waals surface area contributed by atoms with Gasteiger partial charge in [-0.1, -0.05) is 6.07 Å². The van der Waals surface area contributed by atoms with Crippen molar-refractivity contribution in [2.45, 2.75) is 12.8 Å². The molecule has 1 N–H and O–H groups in total. The lowest BCUT2D eigenvalue weighted by molar-refractivity contribution is 0.770. The topological polar surface area (TPSA) is 29.9 Å². The van der Waals surface area contributed by atoms with Gasteiger partial charge in [-0.25, -0.2) is 0 Å². The SMILES string of the molecule is Cn1ccc(-c2ccc3c(c2)CCCN3)n1. The van der Waals surface area contributed by atoms with Crippen LogP contribution in [0.5, 0.6) is 0 Å². The highest BCUT2D eigenvalue weighted by molar-refractivity contribution is 5.66. The molecule has 2 aromatic rings. The predicted octanol–water partition coefficient (Wildman–Crippen LogP) is 2.45. The number of rotatable bonds is 1. The number of anilines is 1. The Morgan fingerprint density at radius 2 is 2.25 bits per heavy atom. The van der Waals surface area contributed by atoms with Crippen molar-refractivity contribution >= 4 is 5.69 Å². The van der Waals surface area contributed by atoms with Crippen LogP contribution < -0.4 is 5.32 Å². The van der Waals surface area contributed by atoms with Gasteiger partial charge in [0.1, 0.15) is 0 Å². The van der Waals surface area contributed by atoms with Gasteiger partial charge < -0.3 is 5.32 Å². The smallest absolute Gasteiger partial charge is 0.0923 e. The molecule has 0 unspecified atom stereocenters. The maximum absolute atomic E-state index is 4.43. The molecule has 0 saturated heterocycles. The molecular formula is C13H15N3. The van der Waals surface area contributed by atoms with Crippen molar-refractivity contribution in [2.75, 3.05) is 11.9 Å². The maximum Gasteiger partial charge on any atom is 0.0923 e. The van der Waals surface area contributed by atoms with E-state index in [1.807, 2.05) is 17.9 Å². The van der Waals surface area contributed by atoms with Crippen LogP contribution in [0.3, 0.4) is 0 Å². The van der Waals surface area contributed by atoms with Gasteiger partial charge in [0.25, 0.3) is 0 Å². The van der Waals surface area contributed by atoms with E-state index in [1.54, 1.807) is 0 Å². The molecule has 1 aromatic heterocycles. The van der Waals surface area contributed by atoms with Crippen LogP contribution in [0.15, 0.2) is 30.5 Å². The predicted molar refractivity (Wildman–Crippen MR) is 65.5 cm³/mol. The second-order valence-corrected chi connectivity index (χ2v) is 4.28. The van der Waals surface area contributed by atoms with E-state index in [9.17, 15) is 0 Å². The third kappa shape index (κ3) is 1.58. The molecule has 1 aliphatic rings. The van der Waals surface area contributed by atoms with Crippen LogP contribution in [0.4, 0.5) is 5.69 Å². The number of aromatic nitrogens is 2. The number of hydrogen-bond donors (Lipinski definition) is 1.